The van der Waals surface area contributed by atoms with Gasteiger partial charge >= 0.3 is 0 Å². The maximum Gasteiger partial charge on any atom is 0.237 e. The van der Waals surface area contributed by atoms with Crippen LogP contribution >= 0.6 is 0 Å². The zero-order valence-electron chi connectivity index (χ0n) is 13.3. The molecule has 1 aromatic rings. The molecule has 116 valence electrons. The molecular weight excluding hydrogens is 262 g/mol. The molecule has 1 aromatic carbocycles. The number of nitrogens with zero attached hydrogens (tertiary/aromatic N) is 1. The molecule has 0 radical (unpaired) electrons. The SMILES string of the molecule is CC1CCC(C)N1C(C)C(=O)NCc1ccccc1CN. The lowest BCUT2D eigenvalue weighted by atomic mass is 10.1. The Kier molecular flexibility index (Phi) is 5.37. The molecule has 1 aliphatic rings. The minimum Gasteiger partial charge on any atom is -0.351 e. The standard InChI is InChI=1S/C17H27N3O/c1-12-8-9-13(2)20(12)14(3)17(21)19-11-16-7-5-4-6-15(16)10-18/h4-7,12-14H,8-11,18H2,1-3H3,(H,19,21). The minimum atomic E-state index is -0.0810. The highest BCUT2D eigenvalue weighted by Gasteiger charge is 2.34. The summed E-state index contributed by atoms with van der Waals surface area (Å²) in [6.45, 7) is 7.46. The Hall–Kier alpha value is -1.39. The first-order valence-corrected chi connectivity index (χ1v) is 7.86. The minimum absolute atomic E-state index is 0.0810. The van der Waals surface area contributed by atoms with Crippen LogP contribution in [0.4, 0.5) is 0 Å². The molecule has 21 heavy (non-hydrogen) atoms. The maximum atomic E-state index is 12.4. The number of hydrogen-bond acceptors (Lipinski definition) is 3. The molecule has 3 atom stereocenters. The first kappa shape index (κ1) is 16.0. The van der Waals surface area contributed by atoms with Gasteiger partial charge in [-0.25, -0.2) is 0 Å². The number of benzene rings is 1. The Morgan fingerprint density at radius 1 is 1.29 bits per heavy atom. The van der Waals surface area contributed by atoms with Crippen molar-refractivity contribution in [2.45, 2.75) is 64.8 Å². The lowest BCUT2D eigenvalue weighted by Gasteiger charge is -2.31. The van der Waals surface area contributed by atoms with E-state index in [1.54, 1.807) is 0 Å². The third-order valence-electron chi connectivity index (χ3n) is 4.64. The molecule has 0 spiro atoms. The van der Waals surface area contributed by atoms with Crippen molar-refractivity contribution in [2.75, 3.05) is 0 Å². The van der Waals surface area contributed by atoms with Gasteiger partial charge in [0.25, 0.3) is 0 Å². The lowest BCUT2D eigenvalue weighted by Crippen LogP contribution is -2.49. The lowest BCUT2D eigenvalue weighted by molar-refractivity contribution is -0.127. The van der Waals surface area contributed by atoms with Crippen LogP contribution in [0.25, 0.3) is 0 Å². The van der Waals surface area contributed by atoms with Crippen molar-refractivity contribution in [1.82, 2.24) is 10.2 Å². The summed E-state index contributed by atoms with van der Waals surface area (Å²) in [4.78, 5) is 14.7. The summed E-state index contributed by atoms with van der Waals surface area (Å²) in [6.07, 6.45) is 2.35. The Balaban J connectivity index is 1.95. The van der Waals surface area contributed by atoms with Crippen LogP contribution in [0, 0.1) is 0 Å². The number of hydrogen-bond donors (Lipinski definition) is 2. The van der Waals surface area contributed by atoms with Gasteiger partial charge in [0.2, 0.25) is 5.91 Å². The van der Waals surface area contributed by atoms with Crippen molar-refractivity contribution in [3.63, 3.8) is 0 Å². The molecule has 1 amide bonds. The summed E-state index contributed by atoms with van der Waals surface area (Å²) < 4.78 is 0. The molecule has 1 fully saturated rings. The Labute approximate surface area is 127 Å². The molecule has 3 unspecified atom stereocenters. The van der Waals surface area contributed by atoms with Gasteiger partial charge in [-0.05, 0) is 44.7 Å². The second kappa shape index (κ2) is 7.05. The molecule has 0 aliphatic carbocycles. The van der Waals surface area contributed by atoms with Crippen molar-refractivity contribution < 1.29 is 4.79 Å². The molecular formula is C17H27N3O. The van der Waals surface area contributed by atoms with Gasteiger partial charge < -0.3 is 11.1 Å². The first-order valence-electron chi connectivity index (χ1n) is 7.86. The van der Waals surface area contributed by atoms with Gasteiger partial charge in [-0.2, -0.15) is 0 Å². The average Bonchev–Trinajstić information content (AvgIpc) is 2.83. The normalized spacial score (nSPS) is 24.0. The van der Waals surface area contributed by atoms with E-state index in [1.165, 1.54) is 12.8 Å². The number of amides is 1. The van der Waals surface area contributed by atoms with E-state index in [4.69, 9.17) is 5.73 Å². The highest BCUT2D eigenvalue weighted by Crippen LogP contribution is 2.25. The highest BCUT2D eigenvalue weighted by molar-refractivity contribution is 5.81. The van der Waals surface area contributed by atoms with E-state index in [2.05, 4.69) is 24.1 Å². The van der Waals surface area contributed by atoms with E-state index in [-0.39, 0.29) is 11.9 Å². The van der Waals surface area contributed by atoms with Crippen molar-refractivity contribution in [3.05, 3.63) is 35.4 Å². The Morgan fingerprint density at radius 3 is 2.43 bits per heavy atom. The molecule has 1 aliphatic heterocycles. The summed E-state index contributed by atoms with van der Waals surface area (Å²) in [7, 11) is 0. The predicted octanol–water partition coefficient (Wildman–Crippen LogP) is 2.02. The van der Waals surface area contributed by atoms with Crippen molar-refractivity contribution in [3.8, 4) is 0 Å². The van der Waals surface area contributed by atoms with Crippen molar-refractivity contribution in [2.24, 2.45) is 5.73 Å². The molecule has 4 heteroatoms. The van der Waals surface area contributed by atoms with E-state index >= 15 is 0 Å². The van der Waals surface area contributed by atoms with Crippen LogP contribution in [0.5, 0.6) is 0 Å². The molecule has 0 aromatic heterocycles. The fourth-order valence-corrected chi connectivity index (χ4v) is 3.37. The molecule has 4 nitrogen and oxygen atoms in total. The van der Waals surface area contributed by atoms with Gasteiger partial charge in [0.1, 0.15) is 0 Å². The zero-order chi connectivity index (χ0) is 15.4. The van der Waals surface area contributed by atoms with E-state index in [0.717, 1.165) is 11.1 Å². The number of nitrogens with two attached hydrogens (primary N) is 1. The van der Waals surface area contributed by atoms with Crippen LogP contribution < -0.4 is 11.1 Å². The number of likely N-dealkylation sites (tertiary alicyclic amines) is 1. The molecule has 2 rings (SSSR count). The van der Waals surface area contributed by atoms with Crippen molar-refractivity contribution >= 4 is 5.91 Å². The van der Waals surface area contributed by atoms with Crippen LogP contribution in [0.3, 0.4) is 0 Å². The Bertz CT molecular complexity index is 479. The van der Waals surface area contributed by atoms with E-state index in [0.29, 0.717) is 25.2 Å². The van der Waals surface area contributed by atoms with Gasteiger partial charge in [0, 0.05) is 25.2 Å². The number of carbonyl (C=O) groups excluding carboxylic acids is 1. The van der Waals surface area contributed by atoms with Gasteiger partial charge in [0.05, 0.1) is 6.04 Å². The fourth-order valence-electron chi connectivity index (χ4n) is 3.37. The third-order valence-corrected chi connectivity index (χ3v) is 4.64. The highest BCUT2D eigenvalue weighted by atomic mass is 16.2. The number of nitrogens with one attached hydrogen (secondary N) is 1. The van der Waals surface area contributed by atoms with E-state index < -0.39 is 0 Å². The number of carbonyl (C=O) groups is 1. The van der Waals surface area contributed by atoms with E-state index in [9.17, 15) is 4.79 Å². The average molecular weight is 289 g/mol. The second-order valence-electron chi connectivity index (χ2n) is 6.09. The molecule has 1 heterocycles. The Morgan fingerprint density at radius 2 is 1.86 bits per heavy atom. The molecule has 0 bridgehead atoms. The smallest absolute Gasteiger partial charge is 0.237 e. The maximum absolute atomic E-state index is 12.4. The van der Waals surface area contributed by atoms with Gasteiger partial charge in [-0.3, -0.25) is 9.69 Å². The summed E-state index contributed by atoms with van der Waals surface area (Å²) >= 11 is 0. The van der Waals surface area contributed by atoms with Crippen LogP contribution in [-0.2, 0) is 17.9 Å². The summed E-state index contributed by atoms with van der Waals surface area (Å²) in [6, 6.07) is 8.87. The van der Waals surface area contributed by atoms with Crippen LogP contribution in [0.15, 0.2) is 24.3 Å². The second-order valence-corrected chi connectivity index (χ2v) is 6.09. The van der Waals surface area contributed by atoms with Gasteiger partial charge in [0.15, 0.2) is 0 Å². The summed E-state index contributed by atoms with van der Waals surface area (Å²) in [5.41, 5.74) is 7.92. The number of rotatable bonds is 5. The largest absolute Gasteiger partial charge is 0.351 e. The van der Waals surface area contributed by atoms with E-state index in [1.807, 2.05) is 31.2 Å². The topological polar surface area (TPSA) is 58.4 Å². The van der Waals surface area contributed by atoms with Crippen LogP contribution in [-0.4, -0.2) is 28.9 Å². The summed E-state index contributed by atoms with van der Waals surface area (Å²) in [5, 5.41) is 3.06. The predicted molar refractivity (Wildman–Crippen MR) is 85.6 cm³/mol. The van der Waals surface area contributed by atoms with Crippen molar-refractivity contribution in [1.29, 1.82) is 0 Å². The van der Waals surface area contributed by atoms with Gasteiger partial charge in [-0.1, -0.05) is 24.3 Å². The monoisotopic (exact) mass is 289 g/mol. The first-order chi connectivity index (χ1) is 10.0. The summed E-state index contributed by atoms with van der Waals surface area (Å²) in [5.74, 6) is 0.0995. The zero-order valence-corrected chi connectivity index (χ0v) is 13.3. The third kappa shape index (κ3) is 3.63. The van der Waals surface area contributed by atoms with Crippen LogP contribution in [0.1, 0.15) is 44.7 Å². The molecule has 0 saturated carbocycles. The van der Waals surface area contributed by atoms with Gasteiger partial charge in [-0.15, -0.1) is 0 Å². The molecule has 1 saturated heterocycles. The molecule has 3 N–H and O–H groups in total. The van der Waals surface area contributed by atoms with Crippen LogP contribution in [0.2, 0.25) is 0 Å². The quantitative estimate of drug-likeness (QED) is 0.872. The fraction of sp³-hybridized carbons (Fsp3) is 0.588.